The molecule has 7 heteroatoms. The minimum Gasteiger partial charge on any atom is -0.497 e. The van der Waals surface area contributed by atoms with Crippen LogP contribution in [0.25, 0.3) is 0 Å². The predicted molar refractivity (Wildman–Crippen MR) is 140 cm³/mol. The zero-order valence-corrected chi connectivity index (χ0v) is 20.1. The van der Waals surface area contributed by atoms with Crippen molar-refractivity contribution in [2.45, 2.75) is 12.6 Å². The molecule has 1 aliphatic heterocycles. The highest BCUT2D eigenvalue weighted by molar-refractivity contribution is 6.04. The molecule has 4 aromatic rings. The Morgan fingerprint density at radius 3 is 2.25 bits per heavy atom. The number of nitrogens with one attached hydrogen (secondary N) is 2. The van der Waals surface area contributed by atoms with Crippen molar-refractivity contribution in [3.63, 3.8) is 0 Å². The summed E-state index contributed by atoms with van der Waals surface area (Å²) in [7, 11) is 1.60. The third kappa shape index (κ3) is 5.16. The third-order valence-electron chi connectivity index (χ3n) is 6.38. The summed E-state index contributed by atoms with van der Waals surface area (Å²) in [5, 5.41) is 5.83. The van der Waals surface area contributed by atoms with E-state index in [0.29, 0.717) is 16.9 Å². The van der Waals surface area contributed by atoms with Gasteiger partial charge in [0.1, 0.15) is 5.75 Å². The molecule has 36 heavy (non-hydrogen) atoms. The number of ether oxygens (including phenoxy) is 1. The van der Waals surface area contributed by atoms with Crippen LogP contribution >= 0.6 is 0 Å². The van der Waals surface area contributed by atoms with Crippen molar-refractivity contribution in [3.8, 4) is 5.75 Å². The molecular formula is C29H28N4O3. The standard InChI is InChI=1S/C29H28N4O3/c1-36-25-15-13-24(14-16-25)31-29(35)22-9-11-23(12-10-22)30-27(34)20-33-19-18-32-17-5-8-26(32)28(33)21-6-3-2-4-7-21/h2-17,28H,18-20H2,1H3,(H,30,34)(H,31,35). The van der Waals surface area contributed by atoms with E-state index in [2.05, 4.69) is 50.6 Å². The number of amides is 2. The van der Waals surface area contributed by atoms with Crippen LogP contribution in [0.15, 0.2) is 97.2 Å². The Morgan fingerprint density at radius 2 is 1.53 bits per heavy atom. The van der Waals surface area contributed by atoms with E-state index in [1.807, 2.05) is 18.2 Å². The number of methoxy groups -OCH3 is 1. The Hall–Kier alpha value is -4.36. The van der Waals surface area contributed by atoms with Crippen molar-refractivity contribution >= 4 is 23.2 Å². The molecule has 182 valence electrons. The van der Waals surface area contributed by atoms with Gasteiger partial charge in [0, 0.05) is 41.9 Å². The fraction of sp³-hybridized carbons (Fsp3) is 0.172. The lowest BCUT2D eigenvalue weighted by Crippen LogP contribution is -2.42. The van der Waals surface area contributed by atoms with Crippen LogP contribution in [0.3, 0.4) is 0 Å². The number of nitrogens with zero attached hydrogens (tertiary/aromatic N) is 2. The van der Waals surface area contributed by atoms with Gasteiger partial charge in [-0.3, -0.25) is 14.5 Å². The average Bonchev–Trinajstić information content (AvgIpc) is 3.39. The second-order valence-corrected chi connectivity index (χ2v) is 8.72. The summed E-state index contributed by atoms with van der Waals surface area (Å²) >= 11 is 0. The average molecular weight is 481 g/mol. The number of aromatic nitrogens is 1. The molecule has 1 aromatic heterocycles. The quantitative estimate of drug-likeness (QED) is 0.399. The van der Waals surface area contributed by atoms with Gasteiger partial charge < -0.3 is 19.9 Å². The van der Waals surface area contributed by atoms with Gasteiger partial charge in [-0.1, -0.05) is 30.3 Å². The summed E-state index contributed by atoms with van der Waals surface area (Å²) in [5.74, 6) is 0.410. The first-order valence-electron chi connectivity index (χ1n) is 11.9. The number of anilines is 2. The summed E-state index contributed by atoms with van der Waals surface area (Å²) in [6.45, 7) is 1.89. The van der Waals surface area contributed by atoms with Crippen LogP contribution < -0.4 is 15.4 Å². The minimum atomic E-state index is -0.222. The van der Waals surface area contributed by atoms with E-state index in [1.54, 1.807) is 55.6 Å². The summed E-state index contributed by atoms with van der Waals surface area (Å²) in [4.78, 5) is 27.8. The van der Waals surface area contributed by atoms with Crippen LogP contribution in [0, 0.1) is 0 Å². The maximum Gasteiger partial charge on any atom is 0.255 e. The fourth-order valence-corrected chi connectivity index (χ4v) is 4.59. The number of fused-ring (bicyclic) bond motifs is 1. The molecule has 5 rings (SSSR count). The van der Waals surface area contributed by atoms with Crippen LogP contribution in [-0.4, -0.2) is 41.5 Å². The molecule has 0 saturated heterocycles. The molecule has 2 heterocycles. The van der Waals surface area contributed by atoms with Gasteiger partial charge in [-0.15, -0.1) is 0 Å². The van der Waals surface area contributed by atoms with Gasteiger partial charge in [0.25, 0.3) is 5.91 Å². The van der Waals surface area contributed by atoms with Crippen LogP contribution in [0.2, 0.25) is 0 Å². The van der Waals surface area contributed by atoms with Gasteiger partial charge in [0.05, 0.1) is 19.7 Å². The molecule has 3 aromatic carbocycles. The molecule has 0 aliphatic carbocycles. The van der Waals surface area contributed by atoms with Gasteiger partial charge in [-0.05, 0) is 66.2 Å². The Labute approximate surface area is 210 Å². The van der Waals surface area contributed by atoms with E-state index in [9.17, 15) is 9.59 Å². The van der Waals surface area contributed by atoms with Gasteiger partial charge >= 0.3 is 0 Å². The number of benzene rings is 3. The zero-order valence-electron chi connectivity index (χ0n) is 20.1. The SMILES string of the molecule is COc1ccc(NC(=O)c2ccc(NC(=O)CN3CCn4cccc4C3c3ccccc3)cc2)cc1. The number of carbonyl (C=O) groups excluding carboxylic acids is 2. The van der Waals surface area contributed by atoms with Gasteiger partial charge in [-0.25, -0.2) is 0 Å². The van der Waals surface area contributed by atoms with Crippen molar-refractivity contribution in [2.75, 3.05) is 30.8 Å². The molecule has 1 unspecified atom stereocenters. The maximum absolute atomic E-state index is 13.0. The molecule has 0 spiro atoms. The topological polar surface area (TPSA) is 75.6 Å². The van der Waals surface area contributed by atoms with E-state index in [1.165, 1.54) is 5.69 Å². The second-order valence-electron chi connectivity index (χ2n) is 8.72. The number of hydrogen-bond donors (Lipinski definition) is 2. The summed E-state index contributed by atoms with van der Waals surface area (Å²) in [6, 6.07) is 28.5. The smallest absolute Gasteiger partial charge is 0.255 e. The summed E-state index contributed by atoms with van der Waals surface area (Å²) < 4.78 is 7.39. The van der Waals surface area contributed by atoms with E-state index in [-0.39, 0.29) is 24.4 Å². The largest absolute Gasteiger partial charge is 0.497 e. The third-order valence-corrected chi connectivity index (χ3v) is 6.38. The van der Waals surface area contributed by atoms with Crippen molar-refractivity contribution in [1.29, 1.82) is 0 Å². The molecular weight excluding hydrogens is 452 g/mol. The molecule has 2 amide bonds. The lowest BCUT2D eigenvalue weighted by atomic mass is 10.00. The number of carbonyl (C=O) groups is 2. The van der Waals surface area contributed by atoms with E-state index in [4.69, 9.17) is 4.74 Å². The van der Waals surface area contributed by atoms with Gasteiger partial charge in [0.2, 0.25) is 5.91 Å². The number of hydrogen-bond acceptors (Lipinski definition) is 4. The van der Waals surface area contributed by atoms with Crippen molar-refractivity contribution < 1.29 is 14.3 Å². The Bertz CT molecular complexity index is 1330. The molecule has 7 nitrogen and oxygen atoms in total. The lowest BCUT2D eigenvalue weighted by Gasteiger charge is -2.36. The van der Waals surface area contributed by atoms with E-state index in [0.717, 1.165) is 24.4 Å². The van der Waals surface area contributed by atoms with Crippen molar-refractivity contribution in [2.24, 2.45) is 0 Å². The lowest BCUT2D eigenvalue weighted by molar-refractivity contribution is -0.117. The second kappa shape index (κ2) is 10.5. The summed E-state index contributed by atoms with van der Waals surface area (Å²) in [6.07, 6.45) is 2.09. The Morgan fingerprint density at radius 1 is 0.833 bits per heavy atom. The minimum absolute atomic E-state index is 0.0183. The fourth-order valence-electron chi connectivity index (χ4n) is 4.59. The molecule has 2 N–H and O–H groups in total. The van der Waals surface area contributed by atoms with Crippen LogP contribution in [0.4, 0.5) is 11.4 Å². The first kappa shape index (κ1) is 23.4. The van der Waals surface area contributed by atoms with Gasteiger partial charge in [-0.2, -0.15) is 0 Å². The number of rotatable bonds is 7. The molecule has 1 aliphatic rings. The highest BCUT2D eigenvalue weighted by Crippen LogP contribution is 2.32. The molecule has 0 fully saturated rings. The molecule has 0 radical (unpaired) electrons. The summed E-state index contributed by atoms with van der Waals surface area (Å²) in [5.41, 5.74) is 4.19. The maximum atomic E-state index is 13.0. The first-order chi connectivity index (χ1) is 17.6. The van der Waals surface area contributed by atoms with Crippen LogP contribution in [0.5, 0.6) is 5.75 Å². The highest BCUT2D eigenvalue weighted by Gasteiger charge is 2.29. The predicted octanol–water partition coefficient (Wildman–Crippen LogP) is 4.79. The highest BCUT2D eigenvalue weighted by atomic mass is 16.5. The normalized spacial score (nSPS) is 15.1. The van der Waals surface area contributed by atoms with E-state index >= 15 is 0 Å². The van der Waals surface area contributed by atoms with E-state index < -0.39 is 0 Å². The monoisotopic (exact) mass is 480 g/mol. The van der Waals surface area contributed by atoms with Crippen molar-refractivity contribution in [3.05, 3.63) is 114 Å². The molecule has 0 bridgehead atoms. The van der Waals surface area contributed by atoms with Crippen LogP contribution in [0.1, 0.15) is 27.7 Å². The first-order valence-corrected chi connectivity index (χ1v) is 11.9. The van der Waals surface area contributed by atoms with Crippen LogP contribution in [-0.2, 0) is 11.3 Å². The van der Waals surface area contributed by atoms with Crippen molar-refractivity contribution in [1.82, 2.24) is 9.47 Å². The Balaban J connectivity index is 1.22. The molecule has 1 atom stereocenters. The van der Waals surface area contributed by atoms with Gasteiger partial charge in [0.15, 0.2) is 0 Å². The molecule has 0 saturated carbocycles. The Kier molecular flexibility index (Phi) is 6.82. The zero-order chi connectivity index (χ0) is 24.9.